The van der Waals surface area contributed by atoms with E-state index < -0.39 is 41.0 Å². The fourth-order valence-corrected chi connectivity index (χ4v) is 4.69. The first-order chi connectivity index (χ1) is 19.2. The van der Waals surface area contributed by atoms with Gasteiger partial charge in [-0.3, -0.25) is 14.6 Å². The predicted octanol–water partition coefficient (Wildman–Crippen LogP) is 6.35. The molecule has 0 unspecified atom stereocenters. The first-order valence-corrected chi connectivity index (χ1v) is 12.8. The number of halogens is 6. The normalized spacial score (nSPS) is 16.3. The van der Waals surface area contributed by atoms with E-state index in [0.717, 1.165) is 16.7 Å². The minimum absolute atomic E-state index is 0.00542. The van der Waals surface area contributed by atoms with Crippen LogP contribution in [0.15, 0.2) is 67.0 Å². The Morgan fingerprint density at radius 2 is 1.61 bits per heavy atom. The van der Waals surface area contributed by atoms with Gasteiger partial charge in [0.25, 0.3) is 5.91 Å². The zero-order valence-electron chi connectivity index (χ0n) is 22.3. The quantitative estimate of drug-likeness (QED) is 0.264. The van der Waals surface area contributed by atoms with Crippen LogP contribution >= 0.6 is 0 Å². The number of hydrogen-bond donors (Lipinski definition) is 0. The molecule has 3 aromatic rings. The van der Waals surface area contributed by atoms with Gasteiger partial charge in [0.1, 0.15) is 0 Å². The van der Waals surface area contributed by atoms with Crippen molar-refractivity contribution in [2.24, 2.45) is 0 Å². The smallest absolute Gasteiger partial charge is 0.335 e. The fourth-order valence-electron chi connectivity index (χ4n) is 4.69. The van der Waals surface area contributed by atoms with E-state index in [9.17, 15) is 35.9 Å². The molecule has 11 heteroatoms. The van der Waals surface area contributed by atoms with E-state index in [4.69, 9.17) is 0 Å². The maximum absolute atomic E-state index is 13.5. The highest BCUT2D eigenvalue weighted by Gasteiger charge is 2.39. The Kier molecular flexibility index (Phi) is 8.55. The monoisotopic (exact) mass is 575 g/mol. The van der Waals surface area contributed by atoms with Gasteiger partial charge in [0.2, 0.25) is 5.91 Å². The van der Waals surface area contributed by atoms with Crippen LogP contribution < -0.4 is 0 Å². The van der Waals surface area contributed by atoms with Crippen molar-refractivity contribution in [3.8, 4) is 0 Å². The number of benzene rings is 2. The lowest BCUT2D eigenvalue weighted by atomic mass is 9.97. The van der Waals surface area contributed by atoms with E-state index in [1.807, 2.05) is 32.0 Å². The molecule has 0 spiro atoms. The molecule has 41 heavy (non-hydrogen) atoms. The fraction of sp³-hybridized carbons (Fsp3) is 0.300. The molecule has 0 N–H and O–H groups in total. The molecule has 0 aliphatic carbocycles. The van der Waals surface area contributed by atoms with Gasteiger partial charge in [0.05, 0.1) is 17.2 Å². The summed E-state index contributed by atoms with van der Waals surface area (Å²) in [4.78, 5) is 33.3. The molecule has 1 saturated heterocycles. The molecule has 1 atom stereocenters. The highest BCUT2D eigenvalue weighted by molar-refractivity contribution is 5.96. The van der Waals surface area contributed by atoms with Crippen molar-refractivity contribution >= 4 is 17.9 Å². The Balaban J connectivity index is 1.66. The van der Waals surface area contributed by atoms with Crippen LogP contribution in [0.1, 0.15) is 43.7 Å². The van der Waals surface area contributed by atoms with Gasteiger partial charge in [-0.2, -0.15) is 26.3 Å². The summed E-state index contributed by atoms with van der Waals surface area (Å²) < 4.78 is 80.8. The molecule has 0 saturated carbocycles. The van der Waals surface area contributed by atoms with Crippen molar-refractivity contribution < 1.29 is 35.9 Å². The molecule has 2 aromatic carbocycles. The van der Waals surface area contributed by atoms with Crippen molar-refractivity contribution in [1.82, 2.24) is 14.8 Å². The molecule has 1 aromatic heterocycles. The SMILES string of the molecule is Cc1ccc(C[C@@H]2CN(C(=O)/C=C/c3cccnc3)CCN2C(=O)c2cc(C(F)(F)F)cc(C(F)(F)F)c2)cc1C. The topological polar surface area (TPSA) is 53.5 Å². The van der Waals surface area contributed by atoms with Crippen LogP contribution in [-0.2, 0) is 23.6 Å². The zero-order chi connectivity index (χ0) is 29.9. The standard InChI is InChI=1S/C30H27F6N3O2/c1-19-5-6-22(12-20(19)2)13-26-18-38(27(40)8-7-21-4-3-9-37-17-21)10-11-39(26)28(41)23-14-24(29(31,32)33)16-25(15-23)30(34,35)36/h3-9,12,14-17,26H,10-11,13,18H2,1-2H3/b8-7+/t26-/m1/s1. The molecule has 1 aliphatic heterocycles. The number of hydrogen-bond acceptors (Lipinski definition) is 3. The van der Waals surface area contributed by atoms with Crippen molar-refractivity contribution in [3.05, 3.63) is 106 Å². The van der Waals surface area contributed by atoms with Gasteiger partial charge in [-0.1, -0.05) is 24.3 Å². The van der Waals surface area contributed by atoms with E-state index in [2.05, 4.69) is 4.98 Å². The number of nitrogens with zero attached hydrogens (tertiary/aromatic N) is 3. The summed E-state index contributed by atoms with van der Waals surface area (Å²) >= 11 is 0. The summed E-state index contributed by atoms with van der Waals surface area (Å²) in [7, 11) is 0. The second-order valence-electron chi connectivity index (χ2n) is 9.97. The highest BCUT2D eigenvalue weighted by atomic mass is 19.4. The van der Waals surface area contributed by atoms with Gasteiger partial charge in [0.15, 0.2) is 0 Å². The van der Waals surface area contributed by atoms with Crippen molar-refractivity contribution in [1.29, 1.82) is 0 Å². The van der Waals surface area contributed by atoms with Crippen LogP contribution in [0.4, 0.5) is 26.3 Å². The molecular weight excluding hydrogens is 548 g/mol. The number of aromatic nitrogens is 1. The molecule has 0 bridgehead atoms. The van der Waals surface area contributed by atoms with Crippen molar-refractivity contribution in [2.45, 2.75) is 38.7 Å². The van der Waals surface area contributed by atoms with Crippen LogP contribution in [-0.4, -0.2) is 52.3 Å². The molecular formula is C30H27F6N3O2. The average Bonchev–Trinajstić information content (AvgIpc) is 2.92. The van der Waals surface area contributed by atoms with Gasteiger partial charge < -0.3 is 9.80 Å². The van der Waals surface area contributed by atoms with Gasteiger partial charge >= 0.3 is 12.4 Å². The van der Waals surface area contributed by atoms with Gasteiger partial charge in [-0.05, 0) is 72.9 Å². The first kappa shape index (κ1) is 29.8. The molecule has 0 radical (unpaired) electrons. The lowest BCUT2D eigenvalue weighted by molar-refractivity contribution is -0.143. The number of rotatable bonds is 5. The maximum Gasteiger partial charge on any atom is 0.416 e. The number of aryl methyl sites for hydroxylation is 2. The van der Waals surface area contributed by atoms with Crippen LogP contribution in [0.3, 0.4) is 0 Å². The van der Waals surface area contributed by atoms with E-state index in [1.54, 1.807) is 30.6 Å². The molecule has 216 valence electrons. The highest BCUT2D eigenvalue weighted by Crippen LogP contribution is 2.37. The molecule has 2 heterocycles. The number of alkyl halides is 6. The number of piperazine rings is 1. The minimum Gasteiger partial charge on any atom is -0.335 e. The van der Waals surface area contributed by atoms with Crippen LogP contribution in [0, 0.1) is 13.8 Å². The van der Waals surface area contributed by atoms with E-state index in [-0.39, 0.29) is 38.0 Å². The Bertz CT molecular complexity index is 1420. The lowest BCUT2D eigenvalue weighted by Crippen LogP contribution is -2.57. The Morgan fingerprint density at radius 1 is 0.927 bits per heavy atom. The van der Waals surface area contributed by atoms with Crippen molar-refractivity contribution in [2.75, 3.05) is 19.6 Å². The van der Waals surface area contributed by atoms with Crippen LogP contribution in [0.25, 0.3) is 6.08 Å². The van der Waals surface area contributed by atoms with Gasteiger partial charge in [0, 0.05) is 43.7 Å². The van der Waals surface area contributed by atoms with E-state index in [0.29, 0.717) is 17.7 Å². The van der Waals surface area contributed by atoms with E-state index >= 15 is 0 Å². The van der Waals surface area contributed by atoms with E-state index in [1.165, 1.54) is 15.9 Å². The number of pyridine rings is 1. The van der Waals surface area contributed by atoms with Crippen LogP contribution in [0.2, 0.25) is 0 Å². The summed E-state index contributed by atoms with van der Waals surface area (Å²) in [5.74, 6) is -1.31. The maximum atomic E-state index is 13.5. The molecule has 2 amide bonds. The third-order valence-electron chi connectivity index (χ3n) is 7.04. The predicted molar refractivity (Wildman–Crippen MR) is 141 cm³/mol. The summed E-state index contributed by atoms with van der Waals surface area (Å²) in [5, 5.41) is 0. The third-order valence-corrected chi connectivity index (χ3v) is 7.04. The molecule has 4 rings (SSSR count). The summed E-state index contributed by atoms with van der Waals surface area (Å²) in [6.45, 7) is 3.86. The Hall–Kier alpha value is -4.15. The summed E-state index contributed by atoms with van der Waals surface area (Å²) in [6.07, 6.45) is -3.80. The first-order valence-electron chi connectivity index (χ1n) is 12.8. The van der Waals surface area contributed by atoms with Crippen molar-refractivity contribution in [3.63, 3.8) is 0 Å². The Labute approximate surface area is 233 Å². The third kappa shape index (κ3) is 7.33. The minimum atomic E-state index is -5.08. The summed E-state index contributed by atoms with van der Waals surface area (Å²) in [6, 6.07) is 9.31. The van der Waals surface area contributed by atoms with Gasteiger partial charge in [-0.25, -0.2) is 0 Å². The molecule has 1 aliphatic rings. The second kappa shape index (κ2) is 11.8. The number of carbonyl (C=O) groups is 2. The lowest BCUT2D eigenvalue weighted by Gasteiger charge is -2.41. The Morgan fingerprint density at radius 3 is 2.20 bits per heavy atom. The number of amides is 2. The van der Waals surface area contributed by atoms with Crippen LogP contribution in [0.5, 0.6) is 0 Å². The average molecular weight is 576 g/mol. The molecule has 5 nitrogen and oxygen atoms in total. The largest absolute Gasteiger partial charge is 0.416 e. The molecule has 1 fully saturated rings. The second-order valence-corrected chi connectivity index (χ2v) is 9.97. The zero-order valence-corrected chi connectivity index (χ0v) is 22.3. The van der Waals surface area contributed by atoms with Gasteiger partial charge in [-0.15, -0.1) is 0 Å². The number of carbonyl (C=O) groups excluding carboxylic acids is 2. The summed E-state index contributed by atoms with van der Waals surface area (Å²) in [5.41, 5.74) is -0.301.